The van der Waals surface area contributed by atoms with Gasteiger partial charge in [0.05, 0.1) is 0 Å². The maximum atomic E-state index is 13.0. The van der Waals surface area contributed by atoms with Gasteiger partial charge in [-0.15, -0.1) is 11.3 Å². The van der Waals surface area contributed by atoms with Gasteiger partial charge in [-0.05, 0) is 13.8 Å². The maximum absolute atomic E-state index is 13.0. The van der Waals surface area contributed by atoms with Crippen LogP contribution in [-0.4, -0.2) is 16.9 Å². The number of benzene rings is 1. The first-order valence-electron chi connectivity index (χ1n) is 6.23. The molecule has 0 radical (unpaired) electrons. The molecule has 1 aromatic heterocycles. The summed E-state index contributed by atoms with van der Waals surface area (Å²) >= 11 is 0.746. The molecule has 0 aliphatic heterocycles. The van der Waals surface area contributed by atoms with Crippen LogP contribution < -0.4 is 5.32 Å². The first-order chi connectivity index (χ1) is 9.79. The van der Waals surface area contributed by atoms with Crippen LogP contribution in [-0.2, 0) is 6.18 Å². The number of rotatable bonds is 3. The van der Waals surface area contributed by atoms with Gasteiger partial charge in [0.15, 0.2) is 5.69 Å². The molecule has 2 aromatic rings. The molecular weight excluding hydrogens is 301 g/mol. The predicted octanol–water partition coefficient (Wildman–Crippen LogP) is 3.97. The van der Waals surface area contributed by atoms with Crippen molar-refractivity contribution in [2.24, 2.45) is 0 Å². The van der Waals surface area contributed by atoms with E-state index >= 15 is 0 Å². The normalized spacial score (nSPS) is 11.7. The zero-order valence-electron chi connectivity index (χ0n) is 11.4. The lowest BCUT2D eigenvalue weighted by molar-refractivity contribution is -0.141. The number of aromatic nitrogens is 1. The van der Waals surface area contributed by atoms with Crippen LogP contribution in [0.2, 0.25) is 0 Å². The Morgan fingerprint density at radius 1 is 1.24 bits per heavy atom. The Morgan fingerprint density at radius 3 is 2.38 bits per heavy atom. The van der Waals surface area contributed by atoms with E-state index < -0.39 is 22.7 Å². The number of halogens is 3. The largest absolute Gasteiger partial charge is 0.435 e. The molecule has 1 aromatic carbocycles. The first-order valence-corrected chi connectivity index (χ1v) is 7.05. The van der Waals surface area contributed by atoms with Gasteiger partial charge in [0.25, 0.3) is 5.91 Å². The number of nitrogens with one attached hydrogen (secondary N) is 1. The minimum atomic E-state index is -4.66. The summed E-state index contributed by atoms with van der Waals surface area (Å²) in [5, 5.41) is 2.65. The fourth-order valence-corrected chi connectivity index (χ4v) is 2.69. The van der Waals surface area contributed by atoms with Gasteiger partial charge < -0.3 is 5.32 Å². The van der Waals surface area contributed by atoms with Gasteiger partial charge in [-0.3, -0.25) is 4.79 Å². The molecule has 1 heterocycles. The third-order valence-corrected chi connectivity index (χ3v) is 3.65. The summed E-state index contributed by atoms with van der Waals surface area (Å²) in [4.78, 5) is 15.1. The molecule has 0 saturated carbocycles. The number of hydrogen-bond donors (Lipinski definition) is 1. The van der Waals surface area contributed by atoms with Crippen LogP contribution in [0.15, 0.2) is 30.3 Å². The highest BCUT2D eigenvalue weighted by Crippen LogP contribution is 2.37. The van der Waals surface area contributed by atoms with Gasteiger partial charge in [0.1, 0.15) is 9.88 Å². The van der Waals surface area contributed by atoms with E-state index in [0.29, 0.717) is 5.56 Å². The molecule has 3 nitrogen and oxygen atoms in total. The zero-order valence-corrected chi connectivity index (χ0v) is 12.2. The quantitative estimate of drug-likeness (QED) is 0.931. The van der Waals surface area contributed by atoms with Crippen molar-refractivity contribution in [1.82, 2.24) is 10.3 Å². The molecule has 112 valence electrons. The summed E-state index contributed by atoms with van der Waals surface area (Å²) < 4.78 is 39.1. The predicted molar refractivity (Wildman–Crippen MR) is 75.2 cm³/mol. The molecule has 21 heavy (non-hydrogen) atoms. The minimum Gasteiger partial charge on any atom is -0.349 e. The molecule has 0 atom stereocenters. The molecular formula is C14H13F3N2OS. The molecule has 0 fully saturated rings. The number of carbonyl (C=O) groups is 1. The Morgan fingerprint density at radius 2 is 1.86 bits per heavy atom. The highest BCUT2D eigenvalue weighted by Gasteiger charge is 2.39. The molecule has 0 bridgehead atoms. The first kappa shape index (κ1) is 15.5. The van der Waals surface area contributed by atoms with E-state index in [1.165, 1.54) is 0 Å². The summed E-state index contributed by atoms with van der Waals surface area (Å²) in [6.07, 6.45) is -4.66. The molecule has 0 spiro atoms. The van der Waals surface area contributed by atoms with Crippen LogP contribution in [0.1, 0.15) is 29.2 Å². The second-order valence-corrected chi connectivity index (χ2v) is 5.69. The number of alkyl halides is 3. The number of nitrogens with zero attached hydrogens (tertiary/aromatic N) is 1. The Bertz CT molecular complexity index is 635. The fourth-order valence-electron chi connectivity index (χ4n) is 1.70. The van der Waals surface area contributed by atoms with Gasteiger partial charge in [0, 0.05) is 11.6 Å². The smallest absolute Gasteiger partial charge is 0.349 e. The van der Waals surface area contributed by atoms with Crippen molar-refractivity contribution in [3.8, 4) is 10.6 Å². The summed E-state index contributed by atoms with van der Waals surface area (Å²) in [5.74, 6) is -0.753. The van der Waals surface area contributed by atoms with Gasteiger partial charge in [0.2, 0.25) is 0 Å². The van der Waals surface area contributed by atoms with E-state index in [1.807, 2.05) is 0 Å². The fraction of sp³-hybridized carbons (Fsp3) is 0.286. The van der Waals surface area contributed by atoms with Crippen molar-refractivity contribution < 1.29 is 18.0 Å². The van der Waals surface area contributed by atoms with Crippen molar-refractivity contribution in [2.45, 2.75) is 26.1 Å². The standard InChI is InChI=1S/C14H13F3N2OS/c1-8(2)18-12(20)10-11(14(15,16)17)19-13(21-10)9-6-4-3-5-7-9/h3-8H,1-2H3,(H,18,20). The van der Waals surface area contributed by atoms with E-state index in [4.69, 9.17) is 0 Å². The van der Waals surface area contributed by atoms with E-state index in [2.05, 4.69) is 10.3 Å². The number of carbonyl (C=O) groups excluding carboxylic acids is 1. The molecule has 0 saturated heterocycles. The average Bonchev–Trinajstić information content (AvgIpc) is 2.84. The van der Waals surface area contributed by atoms with E-state index in [0.717, 1.165) is 11.3 Å². The van der Waals surface area contributed by atoms with Crippen LogP contribution in [0, 0.1) is 0 Å². The lowest BCUT2D eigenvalue weighted by Crippen LogP contribution is -2.31. The lowest BCUT2D eigenvalue weighted by atomic mass is 10.2. The van der Waals surface area contributed by atoms with Crippen molar-refractivity contribution >= 4 is 17.2 Å². The second-order valence-electron chi connectivity index (χ2n) is 4.69. The molecule has 7 heteroatoms. The summed E-state index contributed by atoms with van der Waals surface area (Å²) in [6, 6.07) is 8.23. The lowest BCUT2D eigenvalue weighted by Gasteiger charge is -2.09. The topological polar surface area (TPSA) is 42.0 Å². The molecule has 0 unspecified atom stereocenters. The Kier molecular flexibility index (Phi) is 4.32. The van der Waals surface area contributed by atoms with Crippen molar-refractivity contribution in [1.29, 1.82) is 0 Å². The summed E-state index contributed by atoms with van der Waals surface area (Å²) in [7, 11) is 0. The minimum absolute atomic E-state index is 0.178. The molecule has 0 aliphatic carbocycles. The molecule has 1 amide bonds. The zero-order chi connectivity index (χ0) is 15.6. The van der Waals surface area contributed by atoms with E-state index in [1.54, 1.807) is 44.2 Å². The van der Waals surface area contributed by atoms with Gasteiger partial charge in [-0.2, -0.15) is 13.2 Å². The number of amides is 1. The monoisotopic (exact) mass is 314 g/mol. The summed E-state index contributed by atoms with van der Waals surface area (Å²) in [6.45, 7) is 3.37. The van der Waals surface area contributed by atoms with E-state index in [9.17, 15) is 18.0 Å². The van der Waals surface area contributed by atoms with Crippen molar-refractivity contribution in [3.63, 3.8) is 0 Å². The maximum Gasteiger partial charge on any atom is 0.435 e. The molecule has 2 rings (SSSR count). The van der Waals surface area contributed by atoms with Gasteiger partial charge >= 0.3 is 6.18 Å². The SMILES string of the molecule is CC(C)NC(=O)c1sc(-c2ccccc2)nc1C(F)(F)F. The number of hydrogen-bond acceptors (Lipinski definition) is 3. The van der Waals surface area contributed by atoms with Crippen molar-refractivity contribution in [3.05, 3.63) is 40.9 Å². The van der Waals surface area contributed by atoms with Crippen LogP contribution in [0.4, 0.5) is 13.2 Å². The van der Waals surface area contributed by atoms with Crippen molar-refractivity contribution in [2.75, 3.05) is 0 Å². The number of thiazole rings is 1. The third kappa shape index (κ3) is 3.60. The van der Waals surface area contributed by atoms with Crippen LogP contribution in [0.3, 0.4) is 0 Å². The Labute approximate surface area is 123 Å². The molecule has 0 aliphatic rings. The van der Waals surface area contributed by atoms with Gasteiger partial charge in [-0.1, -0.05) is 30.3 Å². The third-order valence-electron chi connectivity index (χ3n) is 2.54. The van der Waals surface area contributed by atoms with Gasteiger partial charge in [-0.25, -0.2) is 4.98 Å². The highest BCUT2D eigenvalue weighted by molar-refractivity contribution is 7.17. The average molecular weight is 314 g/mol. The second kappa shape index (κ2) is 5.85. The van der Waals surface area contributed by atoms with E-state index in [-0.39, 0.29) is 11.0 Å². The molecule has 1 N–H and O–H groups in total. The Balaban J connectivity index is 2.48. The van der Waals surface area contributed by atoms with Crippen LogP contribution >= 0.6 is 11.3 Å². The summed E-state index contributed by atoms with van der Waals surface area (Å²) in [5.41, 5.74) is -0.582. The van der Waals surface area contributed by atoms with Crippen LogP contribution in [0.25, 0.3) is 10.6 Å². The Hall–Kier alpha value is -1.89. The highest BCUT2D eigenvalue weighted by atomic mass is 32.1. The van der Waals surface area contributed by atoms with Crippen LogP contribution in [0.5, 0.6) is 0 Å².